The van der Waals surface area contributed by atoms with Gasteiger partial charge in [0.25, 0.3) is 11.6 Å². The van der Waals surface area contributed by atoms with Gasteiger partial charge in [0, 0.05) is 32.2 Å². The summed E-state index contributed by atoms with van der Waals surface area (Å²) in [5.74, 6) is 0.0874. The molecular weight excluding hydrogens is 370 g/mol. The van der Waals surface area contributed by atoms with Crippen LogP contribution in [0.5, 0.6) is 11.5 Å². The molecule has 2 aliphatic heterocycles. The average molecular weight is 393 g/mol. The normalized spacial score (nSPS) is 16.5. The summed E-state index contributed by atoms with van der Waals surface area (Å²) in [6.07, 6.45) is -0.440. The van der Waals surface area contributed by atoms with E-state index in [1.54, 1.807) is 20.8 Å². The van der Waals surface area contributed by atoms with E-state index in [1.807, 2.05) is 0 Å². The molecule has 1 fully saturated rings. The molecule has 2 amide bonds. The van der Waals surface area contributed by atoms with Crippen molar-refractivity contribution < 1.29 is 28.7 Å². The first kappa shape index (κ1) is 19.7. The summed E-state index contributed by atoms with van der Waals surface area (Å²) in [7, 11) is 0. The van der Waals surface area contributed by atoms with Crippen molar-refractivity contribution in [2.75, 3.05) is 39.4 Å². The van der Waals surface area contributed by atoms with Crippen LogP contribution in [-0.2, 0) is 4.74 Å². The average Bonchev–Trinajstić information content (AvgIpc) is 2.65. The van der Waals surface area contributed by atoms with Crippen LogP contribution in [0, 0.1) is 10.1 Å². The van der Waals surface area contributed by atoms with Crippen LogP contribution in [0.15, 0.2) is 12.1 Å². The van der Waals surface area contributed by atoms with Crippen LogP contribution < -0.4 is 9.47 Å². The van der Waals surface area contributed by atoms with E-state index in [-0.39, 0.29) is 30.1 Å². The summed E-state index contributed by atoms with van der Waals surface area (Å²) in [5.41, 5.74) is -0.987. The number of hydrogen-bond acceptors (Lipinski definition) is 7. The van der Waals surface area contributed by atoms with Gasteiger partial charge in [-0.2, -0.15) is 0 Å². The number of hydrogen-bond donors (Lipinski definition) is 0. The van der Waals surface area contributed by atoms with E-state index < -0.39 is 22.5 Å². The van der Waals surface area contributed by atoms with Gasteiger partial charge in [0.05, 0.1) is 11.0 Å². The highest BCUT2D eigenvalue weighted by molar-refractivity contribution is 5.99. The molecule has 1 aromatic carbocycles. The lowest BCUT2D eigenvalue weighted by Crippen LogP contribution is -2.51. The molecule has 0 bridgehead atoms. The van der Waals surface area contributed by atoms with Crippen molar-refractivity contribution in [3.8, 4) is 11.5 Å². The molecule has 10 nitrogen and oxygen atoms in total. The number of carbonyl (C=O) groups is 2. The number of rotatable bonds is 2. The van der Waals surface area contributed by atoms with Crippen LogP contribution >= 0.6 is 0 Å². The standard InChI is InChI=1S/C18H23N3O7/c1-18(2,3)28-17(23)20-6-4-19(5-7-20)16(22)12-10-14-15(27-9-8-26-14)11-13(12)21(24)25/h10-11H,4-9H2,1-3H3. The van der Waals surface area contributed by atoms with Gasteiger partial charge >= 0.3 is 6.09 Å². The van der Waals surface area contributed by atoms with Gasteiger partial charge < -0.3 is 24.0 Å². The molecule has 0 N–H and O–H groups in total. The van der Waals surface area contributed by atoms with E-state index in [4.69, 9.17) is 14.2 Å². The molecule has 0 aromatic heterocycles. The van der Waals surface area contributed by atoms with Crippen LogP contribution in [0.1, 0.15) is 31.1 Å². The van der Waals surface area contributed by atoms with Crippen LogP contribution in [0.4, 0.5) is 10.5 Å². The van der Waals surface area contributed by atoms with E-state index in [0.29, 0.717) is 32.1 Å². The summed E-state index contributed by atoms with van der Waals surface area (Å²) in [4.78, 5) is 38.9. The second-order valence-electron chi connectivity index (χ2n) is 7.53. The second kappa shape index (κ2) is 7.53. The molecule has 152 valence electrons. The third-order valence-corrected chi connectivity index (χ3v) is 4.31. The summed E-state index contributed by atoms with van der Waals surface area (Å²) < 4.78 is 16.1. The molecule has 0 unspecified atom stereocenters. The van der Waals surface area contributed by atoms with Gasteiger partial charge in [-0.1, -0.05) is 0 Å². The topological polar surface area (TPSA) is 111 Å². The fourth-order valence-corrected chi connectivity index (χ4v) is 2.99. The summed E-state index contributed by atoms with van der Waals surface area (Å²) in [6.45, 7) is 7.05. The molecule has 10 heteroatoms. The third kappa shape index (κ3) is 4.26. The molecule has 0 atom stereocenters. The predicted octanol–water partition coefficient (Wildman–Crippen LogP) is 2.06. The highest BCUT2D eigenvalue weighted by atomic mass is 16.6. The summed E-state index contributed by atoms with van der Waals surface area (Å²) in [6, 6.07) is 2.58. The Labute approximate surface area is 162 Å². The minimum absolute atomic E-state index is 0.0556. The quantitative estimate of drug-likeness (QED) is 0.558. The van der Waals surface area contributed by atoms with Crippen LogP contribution in [0.3, 0.4) is 0 Å². The molecule has 2 heterocycles. The van der Waals surface area contributed by atoms with Gasteiger partial charge in [0.15, 0.2) is 11.5 Å². The van der Waals surface area contributed by atoms with Gasteiger partial charge in [-0.25, -0.2) is 4.79 Å². The molecule has 28 heavy (non-hydrogen) atoms. The Morgan fingerprint density at radius 2 is 1.57 bits per heavy atom. The number of piperazine rings is 1. The van der Waals surface area contributed by atoms with E-state index in [2.05, 4.69) is 0 Å². The molecule has 3 rings (SSSR count). The van der Waals surface area contributed by atoms with E-state index in [0.717, 1.165) is 0 Å². The molecule has 0 aliphatic carbocycles. The van der Waals surface area contributed by atoms with Gasteiger partial charge in [0.1, 0.15) is 24.4 Å². The molecule has 0 radical (unpaired) electrons. The van der Waals surface area contributed by atoms with Crippen molar-refractivity contribution in [3.05, 3.63) is 27.8 Å². The predicted molar refractivity (Wildman–Crippen MR) is 97.8 cm³/mol. The lowest BCUT2D eigenvalue weighted by Gasteiger charge is -2.35. The van der Waals surface area contributed by atoms with E-state index in [9.17, 15) is 19.7 Å². The van der Waals surface area contributed by atoms with Crippen LogP contribution in [0.25, 0.3) is 0 Å². The fourth-order valence-electron chi connectivity index (χ4n) is 2.99. The monoisotopic (exact) mass is 393 g/mol. The maximum atomic E-state index is 12.9. The molecule has 2 aliphatic rings. The first-order valence-corrected chi connectivity index (χ1v) is 9.01. The first-order valence-electron chi connectivity index (χ1n) is 9.01. The number of nitro benzene ring substituents is 1. The fraction of sp³-hybridized carbons (Fsp3) is 0.556. The van der Waals surface area contributed by atoms with E-state index in [1.165, 1.54) is 21.9 Å². The van der Waals surface area contributed by atoms with Gasteiger partial charge in [-0.05, 0) is 20.8 Å². The molecule has 1 saturated heterocycles. The number of ether oxygens (including phenoxy) is 3. The number of nitro groups is 1. The summed E-state index contributed by atoms with van der Waals surface area (Å²) >= 11 is 0. The maximum absolute atomic E-state index is 12.9. The van der Waals surface area contributed by atoms with Crippen molar-refractivity contribution >= 4 is 17.7 Å². The molecular formula is C18H23N3O7. The first-order chi connectivity index (χ1) is 13.2. The maximum Gasteiger partial charge on any atom is 0.410 e. The highest BCUT2D eigenvalue weighted by Gasteiger charge is 2.32. The number of benzene rings is 1. The Balaban J connectivity index is 1.73. The summed E-state index contributed by atoms with van der Waals surface area (Å²) in [5, 5.41) is 11.4. The largest absolute Gasteiger partial charge is 0.486 e. The van der Waals surface area contributed by atoms with Crippen LogP contribution in [-0.4, -0.2) is 71.7 Å². The number of nitrogens with zero attached hydrogens (tertiary/aromatic N) is 3. The minimum atomic E-state index is -0.609. The smallest absolute Gasteiger partial charge is 0.410 e. The van der Waals surface area contributed by atoms with Crippen molar-refractivity contribution in [2.24, 2.45) is 0 Å². The number of amides is 2. The lowest BCUT2D eigenvalue weighted by molar-refractivity contribution is -0.385. The highest BCUT2D eigenvalue weighted by Crippen LogP contribution is 2.37. The Morgan fingerprint density at radius 1 is 1.04 bits per heavy atom. The van der Waals surface area contributed by atoms with Gasteiger partial charge in [-0.3, -0.25) is 14.9 Å². The zero-order chi connectivity index (χ0) is 20.5. The third-order valence-electron chi connectivity index (χ3n) is 4.31. The van der Waals surface area contributed by atoms with Crippen molar-refractivity contribution in [3.63, 3.8) is 0 Å². The Hall–Kier alpha value is -3.04. The van der Waals surface area contributed by atoms with Crippen molar-refractivity contribution in [2.45, 2.75) is 26.4 Å². The Bertz CT molecular complexity index is 795. The molecule has 0 saturated carbocycles. The lowest BCUT2D eigenvalue weighted by atomic mass is 10.1. The zero-order valence-electron chi connectivity index (χ0n) is 16.1. The number of fused-ring (bicyclic) bond motifs is 1. The Kier molecular flexibility index (Phi) is 5.30. The van der Waals surface area contributed by atoms with Crippen molar-refractivity contribution in [1.29, 1.82) is 0 Å². The molecule has 1 aromatic rings. The van der Waals surface area contributed by atoms with Gasteiger partial charge in [0.2, 0.25) is 0 Å². The van der Waals surface area contributed by atoms with Crippen molar-refractivity contribution in [1.82, 2.24) is 9.80 Å². The second-order valence-corrected chi connectivity index (χ2v) is 7.53. The van der Waals surface area contributed by atoms with Gasteiger partial charge in [-0.15, -0.1) is 0 Å². The molecule has 0 spiro atoms. The Morgan fingerprint density at radius 3 is 2.11 bits per heavy atom. The minimum Gasteiger partial charge on any atom is -0.486 e. The number of carbonyl (C=O) groups excluding carboxylic acids is 2. The van der Waals surface area contributed by atoms with Crippen LogP contribution in [0.2, 0.25) is 0 Å². The van der Waals surface area contributed by atoms with E-state index >= 15 is 0 Å². The SMILES string of the molecule is CC(C)(C)OC(=O)N1CCN(C(=O)c2cc3c(cc2[N+](=O)[O-])OCCO3)CC1. The zero-order valence-corrected chi connectivity index (χ0v) is 16.1.